The van der Waals surface area contributed by atoms with Gasteiger partial charge in [-0.15, -0.1) is 0 Å². The number of hydrogen-bond donors (Lipinski definition) is 0. The van der Waals surface area contributed by atoms with Crippen LogP contribution in [0.4, 0.5) is 17.6 Å². The van der Waals surface area contributed by atoms with Crippen LogP contribution in [-0.2, 0) is 19.3 Å². The van der Waals surface area contributed by atoms with Crippen LogP contribution in [0.25, 0.3) is 22.8 Å². The Labute approximate surface area is 186 Å². The zero-order valence-corrected chi connectivity index (χ0v) is 18.3. The molecule has 32 heavy (non-hydrogen) atoms. The van der Waals surface area contributed by atoms with E-state index in [0.29, 0.717) is 11.5 Å². The third-order valence-corrected chi connectivity index (χ3v) is 6.31. The smallest absolute Gasteiger partial charge is 0.166 e. The van der Waals surface area contributed by atoms with Gasteiger partial charge in [-0.05, 0) is 65.6 Å². The molecule has 1 atom stereocenters. The molecule has 0 fully saturated rings. The van der Waals surface area contributed by atoms with Crippen molar-refractivity contribution < 1.29 is 17.6 Å². The number of rotatable bonds is 6. The minimum atomic E-state index is -1.27. The topological polar surface area (TPSA) is 0 Å². The average Bonchev–Trinajstić information content (AvgIpc) is 3.20. The summed E-state index contributed by atoms with van der Waals surface area (Å²) in [6, 6.07) is 13.6. The average molecular weight is 439 g/mol. The summed E-state index contributed by atoms with van der Waals surface area (Å²) in [6.07, 6.45) is 4.80. The second-order valence-corrected chi connectivity index (χ2v) is 8.54. The van der Waals surface area contributed by atoms with Gasteiger partial charge < -0.3 is 0 Å². The van der Waals surface area contributed by atoms with Crippen molar-refractivity contribution in [3.63, 3.8) is 0 Å². The van der Waals surface area contributed by atoms with Crippen LogP contribution in [0.2, 0.25) is 0 Å². The number of aryl methyl sites for hydroxylation is 1. The van der Waals surface area contributed by atoms with Gasteiger partial charge in [0.05, 0.1) is 5.56 Å². The van der Waals surface area contributed by atoms with Crippen molar-refractivity contribution in [2.75, 3.05) is 0 Å². The standard InChI is InChI=1S/C28H26F4/c1-3-5-18-12-20-10-11-21(14-22(20)13-18)27(31)28(32)23-15-24(29)26(25(30)16-23)19-8-6-17(4-2)7-9-19/h6-11,14-16,18H,3-5,12-13H2,1-2H3. The van der Waals surface area contributed by atoms with Crippen molar-refractivity contribution in [3.05, 3.63) is 94.0 Å². The third kappa shape index (κ3) is 4.36. The van der Waals surface area contributed by atoms with E-state index in [1.165, 1.54) is 0 Å². The maximum absolute atomic E-state index is 15.0. The lowest BCUT2D eigenvalue weighted by molar-refractivity contribution is 0.507. The van der Waals surface area contributed by atoms with E-state index < -0.39 is 28.9 Å². The largest absolute Gasteiger partial charge is 0.206 e. The maximum atomic E-state index is 15.0. The van der Waals surface area contributed by atoms with E-state index in [0.717, 1.165) is 60.9 Å². The maximum Gasteiger partial charge on any atom is 0.166 e. The molecule has 0 bridgehead atoms. The zero-order valence-electron chi connectivity index (χ0n) is 18.3. The number of benzene rings is 3. The van der Waals surface area contributed by atoms with Crippen molar-refractivity contribution in [2.45, 2.75) is 46.0 Å². The quantitative estimate of drug-likeness (QED) is 0.267. The molecule has 0 radical (unpaired) electrons. The van der Waals surface area contributed by atoms with E-state index >= 15 is 0 Å². The molecule has 0 nitrogen and oxygen atoms in total. The van der Waals surface area contributed by atoms with Gasteiger partial charge in [0.25, 0.3) is 0 Å². The lowest BCUT2D eigenvalue weighted by atomic mass is 9.99. The first-order chi connectivity index (χ1) is 15.4. The van der Waals surface area contributed by atoms with Crippen LogP contribution >= 0.6 is 0 Å². The van der Waals surface area contributed by atoms with E-state index in [1.54, 1.807) is 36.4 Å². The minimum Gasteiger partial charge on any atom is -0.206 e. The van der Waals surface area contributed by atoms with Crippen molar-refractivity contribution in [1.29, 1.82) is 0 Å². The van der Waals surface area contributed by atoms with Crippen LogP contribution in [-0.4, -0.2) is 0 Å². The van der Waals surface area contributed by atoms with Crippen LogP contribution in [0.3, 0.4) is 0 Å². The summed E-state index contributed by atoms with van der Waals surface area (Å²) in [5.41, 5.74) is 2.98. The molecule has 1 unspecified atom stereocenters. The second-order valence-electron chi connectivity index (χ2n) is 8.54. The number of fused-ring (bicyclic) bond motifs is 1. The summed E-state index contributed by atoms with van der Waals surface area (Å²) in [6.45, 7) is 4.12. The van der Waals surface area contributed by atoms with E-state index in [1.807, 2.05) is 13.0 Å². The molecule has 0 amide bonds. The molecule has 3 aromatic rings. The molecule has 0 aliphatic heterocycles. The van der Waals surface area contributed by atoms with Crippen molar-refractivity contribution in [1.82, 2.24) is 0 Å². The Morgan fingerprint density at radius 1 is 0.781 bits per heavy atom. The minimum absolute atomic E-state index is 0.0958. The van der Waals surface area contributed by atoms with Gasteiger partial charge in [-0.1, -0.05) is 63.1 Å². The Bertz CT molecular complexity index is 1140. The zero-order chi connectivity index (χ0) is 22.8. The highest BCUT2D eigenvalue weighted by Gasteiger charge is 2.23. The molecule has 3 aromatic carbocycles. The van der Waals surface area contributed by atoms with Gasteiger partial charge in [0, 0.05) is 11.1 Å². The van der Waals surface area contributed by atoms with Gasteiger partial charge in [-0.2, -0.15) is 0 Å². The normalized spacial score (nSPS) is 16.1. The molecule has 1 aliphatic rings. The van der Waals surface area contributed by atoms with E-state index in [-0.39, 0.29) is 11.1 Å². The fourth-order valence-electron chi connectivity index (χ4n) is 4.59. The Balaban J connectivity index is 1.65. The molecular formula is C28H26F4. The van der Waals surface area contributed by atoms with Gasteiger partial charge in [0.15, 0.2) is 11.7 Å². The molecule has 0 heterocycles. The highest BCUT2D eigenvalue weighted by molar-refractivity contribution is 5.84. The molecular weight excluding hydrogens is 412 g/mol. The Morgan fingerprint density at radius 2 is 1.41 bits per heavy atom. The third-order valence-electron chi connectivity index (χ3n) is 6.31. The van der Waals surface area contributed by atoms with Gasteiger partial charge in [0.2, 0.25) is 0 Å². The Morgan fingerprint density at radius 3 is 2.03 bits per heavy atom. The summed E-state index contributed by atoms with van der Waals surface area (Å²) in [5, 5.41) is 0. The Kier molecular flexibility index (Phi) is 6.50. The summed E-state index contributed by atoms with van der Waals surface area (Å²) >= 11 is 0. The van der Waals surface area contributed by atoms with Gasteiger partial charge >= 0.3 is 0 Å². The molecule has 4 rings (SSSR count). The molecule has 0 saturated carbocycles. The first-order valence-electron chi connectivity index (χ1n) is 11.2. The highest BCUT2D eigenvalue weighted by Crippen LogP contribution is 2.36. The van der Waals surface area contributed by atoms with Crippen molar-refractivity contribution in [3.8, 4) is 11.1 Å². The Hall–Kier alpha value is -2.88. The monoisotopic (exact) mass is 438 g/mol. The lowest BCUT2D eigenvalue weighted by Gasteiger charge is -2.10. The molecule has 1 aliphatic carbocycles. The highest BCUT2D eigenvalue weighted by atomic mass is 19.2. The van der Waals surface area contributed by atoms with Crippen molar-refractivity contribution >= 4 is 11.7 Å². The predicted molar refractivity (Wildman–Crippen MR) is 122 cm³/mol. The SMILES string of the molecule is CCCC1Cc2ccc(C(F)=C(F)c3cc(F)c(-c4ccc(CC)cc4)c(F)c3)cc2C1. The van der Waals surface area contributed by atoms with Gasteiger partial charge in [-0.3, -0.25) is 0 Å². The fraction of sp³-hybridized carbons (Fsp3) is 0.286. The molecule has 0 aromatic heterocycles. The predicted octanol–water partition coefficient (Wildman–Crippen LogP) is 8.47. The van der Waals surface area contributed by atoms with Crippen LogP contribution < -0.4 is 0 Å². The first-order valence-corrected chi connectivity index (χ1v) is 11.2. The van der Waals surface area contributed by atoms with E-state index in [9.17, 15) is 17.6 Å². The fourth-order valence-corrected chi connectivity index (χ4v) is 4.59. The summed E-state index contributed by atoms with van der Waals surface area (Å²) in [5.74, 6) is -3.69. The molecule has 166 valence electrons. The first kappa shape index (κ1) is 22.3. The molecule has 0 spiro atoms. The summed E-state index contributed by atoms with van der Waals surface area (Å²) < 4.78 is 59.4. The van der Waals surface area contributed by atoms with Gasteiger partial charge in [0.1, 0.15) is 11.6 Å². The molecule has 4 heteroatoms. The van der Waals surface area contributed by atoms with Crippen LogP contribution in [0.15, 0.2) is 54.6 Å². The number of halogens is 4. The lowest BCUT2D eigenvalue weighted by Crippen LogP contribution is -1.97. The van der Waals surface area contributed by atoms with E-state index in [2.05, 4.69) is 6.92 Å². The number of hydrogen-bond acceptors (Lipinski definition) is 0. The second kappa shape index (κ2) is 9.32. The van der Waals surface area contributed by atoms with Gasteiger partial charge in [-0.25, -0.2) is 17.6 Å². The molecule has 0 saturated heterocycles. The summed E-state index contributed by atoms with van der Waals surface area (Å²) in [4.78, 5) is 0. The summed E-state index contributed by atoms with van der Waals surface area (Å²) in [7, 11) is 0. The van der Waals surface area contributed by atoms with Crippen LogP contribution in [0.5, 0.6) is 0 Å². The van der Waals surface area contributed by atoms with E-state index in [4.69, 9.17) is 0 Å². The van der Waals surface area contributed by atoms with Crippen molar-refractivity contribution in [2.24, 2.45) is 5.92 Å². The molecule has 0 N–H and O–H groups in total. The van der Waals surface area contributed by atoms with Crippen LogP contribution in [0.1, 0.15) is 54.5 Å². The van der Waals surface area contributed by atoms with Crippen LogP contribution in [0, 0.1) is 17.6 Å².